The van der Waals surface area contributed by atoms with Gasteiger partial charge in [-0.25, -0.2) is 0 Å². The highest BCUT2D eigenvalue weighted by atomic mass is 19.4. The number of nitrogens with zero attached hydrogens (tertiary/aromatic N) is 1. The van der Waals surface area contributed by atoms with Gasteiger partial charge in [0.05, 0.1) is 0 Å². The molecule has 0 saturated carbocycles. The third-order valence-corrected chi connectivity index (χ3v) is 3.82. The fourth-order valence-electron chi connectivity index (χ4n) is 2.92. The SMILES string of the molecule is FC(F)(F)Oc1ccc(N2C[C@@H]3CNC[C@H]3C2)cc1. The van der Waals surface area contributed by atoms with Gasteiger partial charge in [-0.05, 0) is 36.1 Å². The van der Waals surface area contributed by atoms with Crippen molar-refractivity contribution in [1.82, 2.24) is 5.32 Å². The van der Waals surface area contributed by atoms with Gasteiger partial charge in [0, 0.05) is 31.9 Å². The van der Waals surface area contributed by atoms with E-state index in [-0.39, 0.29) is 5.75 Å². The van der Waals surface area contributed by atoms with Crippen LogP contribution in [-0.4, -0.2) is 32.5 Å². The van der Waals surface area contributed by atoms with Crippen LogP contribution in [0.2, 0.25) is 0 Å². The quantitative estimate of drug-likeness (QED) is 0.893. The lowest BCUT2D eigenvalue weighted by molar-refractivity contribution is -0.274. The van der Waals surface area contributed by atoms with Crippen molar-refractivity contribution in [3.05, 3.63) is 24.3 Å². The monoisotopic (exact) mass is 272 g/mol. The van der Waals surface area contributed by atoms with Crippen LogP contribution in [0.4, 0.5) is 18.9 Å². The highest BCUT2D eigenvalue weighted by Gasteiger charge is 2.36. The number of nitrogens with one attached hydrogen (secondary N) is 1. The minimum absolute atomic E-state index is 0.169. The Kier molecular flexibility index (Phi) is 3.05. The van der Waals surface area contributed by atoms with E-state index in [0.29, 0.717) is 11.8 Å². The van der Waals surface area contributed by atoms with E-state index in [9.17, 15) is 13.2 Å². The number of ether oxygens (including phenoxy) is 1. The van der Waals surface area contributed by atoms with E-state index in [1.807, 2.05) is 0 Å². The molecule has 0 aliphatic carbocycles. The number of anilines is 1. The maximum Gasteiger partial charge on any atom is 0.573 e. The molecule has 2 heterocycles. The zero-order valence-electron chi connectivity index (χ0n) is 10.3. The highest BCUT2D eigenvalue weighted by molar-refractivity contribution is 5.50. The zero-order valence-corrected chi connectivity index (χ0v) is 10.3. The Morgan fingerprint density at radius 1 is 1.05 bits per heavy atom. The molecule has 2 fully saturated rings. The van der Waals surface area contributed by atoms with Gasteiger partial charge in [-0.15, -0.1) is 13.2 Å². The second kappa shape index (κ2) is 4.59. The molecule has 0 amide bonds. The minimum Gasteiger partial charge on any atom is -0.406 e. The third-order valence-electron chi connectivity index (χ3n) is 3.82. The lowest BCUT2D eigenvalue weighted by Crippen LogP contribution is -2.25. The van der Waals surface area contributed by atoms with Crippen molar-refractivity contribution in [2.45, 2.75) is 6.36 Å². The van der Waals surface area contributed by atoms with Crippen molar-refractivity contribution < 1.29 is 17.9 Å². The second-order valence-electron chi connectivity index (χ2n) is 5.13. The summed E-state index contributed by atoms with van der Waals surface area (Å²) in [6.45, 7) is 4.02. The van der Waals surface area contributed by atoms with Crippen LogP contribution in [0.25, 0.3) is 0 Å². The average Bonchev–Trinajstić information content (AvgIpc) is 2.87. The van der Waals surface area contributed by atoms with Gasteiger partial charge in [-0.2, -0.15) is 0 Å². The summed E-state index contributed by atoms with van der Waals surface area (Å²) >= 11 is 0. The van der Waals surface area contributed by atoms with E-state index < -0.39 is 6.36 Å². The van der Waals surface area contributed by atoms with Crippen LogP contribution in [-0.2, 0) is 0 Å². The fraction of sp³-hybridized carbons (Fsp3) is 0.538. The van der Waals surface area contributed by atoms with Crippen LogP contribution in [0.3, 0.4) is 0 Å². The smallest absolute Gasteiger partial charge is 0.406 e. The Labute approximate surface area is 109 Å². The van der Waals surface area contributed by atoms with Gasteiger partial charge >= 0.3 is 6.36 Å². The Morgan fingerprint density at radius 3 is 2.16 bits per heavy atom. The summed E-state index contributed by atoms with van der Waals surface area (Å²) in [6, 6.07) is 6.12. The van der Waals surface area contributed by atoms with E-state index in [2.05, 4.69) is 15.0 Å². The Balaban J connectivity index is 1.66. The van der Waals surface area contributed by atoms with Crippen LogP contribution in [0.5, 0.6) is 5.75 Å². The molecule has 19 heavy (non-hydrogen) atoms. The summed E-state index contributed by atoms with van der Waals surface area (Å²) in [6.07, 6.45) is -4.63. The molecule has 0 radical (unpaired) electrons. The van der Waals surface area contributed by atoms with Gasteiger partial charge in [-0.3, -0.25) is 0 Å². The number of rotatable bonds is 2. The molecular formula is C13H15F3N2O. The number of fused-ring (bicyclic) bond motifs is 1. The van der Waals surface area contributed by atoms with E-state index in [1.54, 1.807) is 12.1 Å². The molecule has 3 nitrogen and oxygen atoms in total. The molecule has 0 bridgehead atoms. The van der Waals surface area contributed by atoms with Crippen LogP contribution < -0.4 is 15.0 Å². The van der Waals surface area contributed by atoms with Crippen LogP contribution in [0, 0.1) is 11.8 Å². The van der Waals surface area contributed by atoms with E-state index in [0.717, 1.165) is 31.9 Å². The first-order valence-electron chi connectivity index (χ1n) is 6.33. The number of alkyl halides is 3. The molecule has 1 N–H and O–H groups in total. The number of halogens is 3. The summed E-state index contributed by atoms with van der Waals surface area (Å²) in [4.78, 5) is 2.23. The Hall–Kier alpha value is -1.43. The first-order valence-corrected chi connectivity index (χ1v) is 6.33. The first kappa shape index (κ1) is 12.6. The van der Waals surface area contributed by atoms with Crippen LogP contribution >= 0.6 is 0 Å². The number of hydrogen-bond donors (Lipinski definition) is 1. The summed E-state index contributed by atoms with van der Waals surface area (Å²) in [7, 11) is 0. The first-order chi connectivity index (χ1) is 9.01. The topological polar surface area (TPSA) is 24.5 Å². The number of benzene rings is 1. The van der Waals surface area contributed by atoms with E-state index in [1.165, 1.54) is 12.1 Å². The molecule has 2 aliphatic rings. The maximum atomic E-state index is 12.1. The standard InChI is InChI=1S/C13H15F3N2O/c14-13(15,16)19-12-3-1-11(2-4-12)18-7-9-5-17-6-10(9)8-18/h1-4,9-10,17H,5-8H2/t9-,10-/m0/s1. The number of hydrogen-bond acceptors (Lipinski definition) is 3. The van der Waals surface area contributed by atoms with Gasteiger partial charge in [0.15, 0.2) is 0 Å². The molecule has 0 aromatic heterocycles. The second-order valence-corrected chi connectivity index (χ2v) is 5.13. The normalized spacial score (nSPS) is 26.6. The lowest BCUT2D eigenvalue weighted by atomic mass is 10.0. The summed E-state index contributed by atoms with van der Waals surface area (Å²) in [5.74, 6) is 1.15. The molecule has 2 saturated heterocycles. The average molecular weight is 272 g/mol. The highest BCUT2D eigenvalue weighted by Crippen LogP contribution is 2.32. The molecule has 3 rings (SSSR count). The van der Waals surface area contributed by atoms with E-state index in [4.69, 9.17) is 0 Å². The van der Waals surface area contributed by atoms with E-state index >= 15 is 0 Å². The molecule has 6 heteroatoms. The third kappa shape index (κ3) is 2.78. The maximum absolute atomic E-state index is 12.1. The molecular weight excluding hydrogens is 257 g/mol. The zero-order chi connectivity index (χ0) is 13.5. The fourth-order valence-corrected chi connectivity index (χ4v) is 2.92. The molecule has 1 aromatic rings. The molecule has 104 valence electrons. The summed E-state index contributed by atoms with van der Waals surface area (Å²) < 4.78 is 40.0. The molecule has 2 atom stereocenters. The Morgan fingerprint density at radius 2 is 1.63 bits per heavy atom. The summed E-state index contributed by atoms with van der Waals surface area (Å²) in [5.41, 5.74) is 0.962. The van der Waals surface area contributed by atoms with Gasteiger partial charge in [0.2, 0.25) is 0 Å². The lowest BCUT2D eigenvalue weighted by Gasteiger charge is -2.20. The molecule has 0 unspecified atom stereocenters. The van der Waals surface area contributed by atoms with Crippen LogP contribution in [0.1, 0.15) is 0 Å². The molecule has 0 spiro atoms. The largest absolute Gasteiger partial charge is 0.573 e. The van der Waals surface area contributed by atoms with Gasteiger partial charge in [0.25, 0.3) is 0 Å². The van der Waals surface area contributed by atoms with Crippen molar-refractivity contribution in [2.24, 2.45) is 11.8 Å². The predicted molar refractivity (Wildman–Crippen MR) is 65.2 cm³/mol. The van der Waals surface area contributed by atoms with Gasteiger partial charge in [0.1, 0.15) is 5.75 Å². The van der Waals surface area contributed by atoms with Gasteiger partial charge < -0.3 is 15.0 Å². The van der Waals surface area contributed by atoms with Crippen molar-refractivity contribution in [2.75, 3.05) is 31.1 Å². The molecule has 1 aromatic carbocycles. The van der Waals surface area contributed by atoms with Crippen molar-refractivity contribution >= 4 is 5.69 Å². The minimum atomic E-state index is -4.63. The van der Waals surface area contributed by atoms with Crippen LogP contribution in [0.15, 0.2) is 24.3 Å². The molecule has 2 aliphatic heterocycles. The summed E-state index contributed by atoms with van der Waals surface area (Å²) in [5, 5.41) is 3.36. The van der Waals surface area contributed by atoms with Crippen molar-refractivity contribution in [3.63, 3.8) is 0 Å². The van der Waals surface area contributed by atoms with Crippen molar-refractivity contribution in [3.8, 4) is 5.75 Å². The van der Waals surface area contributed by atoms with Crippen molar-refractivity contribution in [1.29, 1.82) is 0 Å². The predicted octanol–water partition coefficient (Wildman–Crippen LogP) is 2.24. The Bertz CT molecular complexity index is 434. The van der Waals surface area contributed by atoms with Gasteiger partial charge in [-0.1, -0.05) is 0 Å².